The molecule has 1 aliphatic heterocycles. The van der Waals surface area contributed by atoms with Gasteiger partial charge in [-0.05, 0) is 24.2 Å². The molecule has 0 aromatic carbocycles. The summed E-state index contributed by atoms with van der Waals surface area (Å²) in [6.45, 7) is 3.45. The number of hydrogen-bond donors (Lipinski definition) is 1. The maximum absolute atomic E-state index is 12.4. The van der Waals surface area contributed by atoms with Gasteiger partial charge < -0.3 is 5.11 Å². The minimum absolute atomic E-state index is 0.123. The summed E-state index contributed by atoms with van der Waals surface area (Å²) in [5, 5.41) is 9.29. The van der Waals surface area contributed by atoms with Gasteiger partial charge in [0.2, 0.25) is 11.8 Å². The Labute approximate surface area is 111 Å². The first-order chi connectivity index (χ1) is 8.93. The molecule has 1 N–H and O–H groups in total. The van der Waals surface area contributed by atoms with Crippen molar-refractivity contribution >= 4 is 17.8 Å². The lowest BCUT2D eigenvalue weighted by Crippen LogP contribution is -2.49. The van der Waals surface area contributed by atoms with E-state index in [0.717, 1.165) is 11.3 Å². The van der Waals surface area contributed by atoms with E-state index in [1.165, 1.54) is 0 Å². The number of aliphatic carboxylic acids is 1. The number of nitrogens with zero attached hydrogens (tertiary/aromatic N) is 1. The molecule has 0 unspecified atom stereocenters. The first-order valence-corrected chi connectivity index (χ1v) is 6.71. The number of hydrogen-bond acceptors (Lipinski definition) is 3. The van der Waals surface area contributed by atoms with Gasteiger partial charge >= 0.3 is 5.97 Å². The smallest absolute Gasteiger partial charge is 0.327 e. The number of carboxylic acid groups (broad SMARTS) is 1. The molecule has 0 spiro atoms. The Morgan fingerprint density at radius 1 is 1.21 bits per heavy atom. The molecule has 1 saturated carbocycles. The average molecular weight is 263 g/mol. The van der Waals surface area contributed by atoms with Crippen molar-refractivity contribution in [2.24, 2.45) is 29.6 Å². The molecule has 1 heterocycles. The topological polar surface area (TPSA) is 74.7 Å². The molecular weight excluding hydrogens is 246 g/mol. The summed E-state index contributed by atoms with van der Waals surface area (Å²) < 4.78 is 0. The number of carbonyl (C=O) groups is 3. The van der Waals surface area contributed by atoms with Crippen LogP contribution in [0, 0.1) is 29.6 Å². The fraction of sp³-hybridized carbons (Fsp3) is 0.643. The summed E-state index contributed by atoms with van der Waals surface area (Å²) in [5.74, 6) is -2.34. The second-order valence-corrected chi connectivity index (χ2v) is 6.07. The summed E-state index contributed by atoms with van der Waals surface area (Å²) in [6, 6.07) is -1.04. The average Bonchev–Trinajstić information content (AvgIpc) is 2.97. The fourth-order valence-electron chi connectivity index (χ4n) is 3.89. The minimum Gasteiger partial charge on any atom is -0.480 e. The van der Waals surface area contributed by atoms with Crippen molar-refractivity contribution in [3.8, 4) is 0 Å². The largest absolute Gasteiger partial charge is 0.480 e. The molecule has 3 aliphatic rings. The molecular formula is C14H17NO4. The normalized spacial score (nSPS) is 37.3. The molecule has 0 radical (unpaired) electrons. The maximum Gasteiger partial charge on any atom is 0.327 e. The van der Waals surface area contributed by atoms with E-state index < -0.39 is 12.0 Å². The highest BCUT2D eigenvalue weighted by Gasteiger charge is 2.61. The molecule has 2 aliphatic carbocycles. The van der Waals surface area contributed by atoms with Gasteiger partial charge in [-0.1, -0.05) is 26.0 Å². The van der Waals surface area contributed by atoms with Crippen LogP contribution in [-0.2, 0) is 14.4 Å². The Kier molecular flexibility index (Phi) is 2.56. The molecule has 5 heteroatoms. The van der Waals surface area contributed by atoms with Crippen LogP contribution >= 0.6 is 0 Å². The van der Waals surface area contributed by atoms with Crippen molar-refractivity contribution in [1.29, 1.82) is 0 Å². The Balaban J connectivity index is 1.96. The van der Waals surface area contributed by atoms with Gasteiger partial charge in [0, 0.05) is 0 Å². The molecule has 102 valence electrons. The maximum atomic E-state index is 12.4. The van der Waals surface area contributed by atoms with Crippen LogP contribution in [0.25, 0.3) is 0 Å². The Bertz CT molecular complexity index is 466. The Morgan fingerprint density at radius 3 is 2.05 bits per heavy atom. The summed E-state index contributed by atoms with van der Waals surface area (Å²) in [4.78, 5) is 37.3. The predicted molar refractivity (Wildman–Crippen MR) is 65.8 cm³/mol. The highest BCUT2D eigenvalue weighted by molar-refractivity contribution is 6.08. The molecule has 2 amide bonds. The molecule has 2 fully saturated rings. The standard InChI is InChI=1S/C14H17NO4/c1-6(2)11(14(18)19)15-12(16)9-7-3-4-8(5-7)10(9)13(15)17/h3-4,6-11H,5H2,1-2H3,(H,18,19)/t7-,8+,9-,10+,11-/m0/s1. The van der Waals surface area contributed by atoms with Gasteiger partial charge in [-0.15, -0.1) is 0 Å². The first kappa shape index (κ1) is 12.4. The number of likely N-dealkylation sites (tertiary alicyclic amines) is 1. The molecule has 5 nitrogen and oxygen atoms in total. The second-order valence-electron chi connectivity index (χ2n) is 6.07. The number of imide groups is 1. The minimum atomic E-state index is -1.10. The van der Waals surface area contributed by atoms with Crippen LogP contribution in [0.3, 0.4) is 0 Å². The number of amides is 2. The van der Waals surface area contributed by atoms with Gasteiger partial charge in [-0.3, -0.25) is 14.5 Å². The predicted octanol–water partition coefficient (Wildman–Crippen LogP) is 0.903. The highest BCUT2D eigenvalue weighted by Crippen LogP contribution is 2.53. The van der Waals surface area contributed by atoms with Crippen LogP contribution in [0.4, 0.5) is 0 Å². The zero-order chi connectivity index (χ0) is 13.9. The van der Waals surface area contributed by atoms with E-state index in [0.29, 0.717) is 0 Å². The lowest BCUT2D eigenvalue weighted by atomic mass is 9.85. The number of carboxylic acids is 1. The van der Waals surface area contributed by atoms with Gasteiger partial charge in [-0.25, -0.2) is 4.79 Å². The third-order valence-corrected chi connectivity index (χ3v) is 4.67. The van der Waals surface area contributed by atoms with Crippen molar-refractivity contribution in [2.75, 3.05) is 0 Å². The third kappa shape index (κ3) is 1.50. The van der Waals surface area contributed by atoms with E-state index in [4.69, 9.17) is 0 Å². The number of carbonyl (C=O) groups excluding carboxylic acids is 2. The third-order valence-electron chi connectivity index (χ3n) is 4.67. The molecule has 3 rings (SSSR count). The highest BCUT2D eigenvalue weighted by atomic mass is 16.4. The van der Waals surface area contributed by atoms with Gasteiger partial charge in [0.25, 0.3) is 0 Å². The van der Waals surface area contributed by atoms with E-state index in [-0.39, 0.29) is 41.4 Å². The Morgan fingerprint density at radius 2 is 1.68 bits per heavy atom. The van der Waals surface area contributed by atoms with Crippen LogP contribution in [-0.4, -0.2) is 33.8 Å². The van der Waals surface area contributed by atoms with E-state index in [9.17, 15) is 19.5 Å². The zero-order valence-electron chi connectivity index (χ0n) is 10.9. The summed E-state index contributed by atoms with van der Waals surface area (Å²) in [6.07, 6.45) is 4.87. The summed E-state index contributed by atoms with van der Waals surface area (Å²) in [7, 11) is 0. The lowest BCUT2D eigenvalue weighted by Gasteiger charge is -2.27. The molecule has 1 saturated heterocycles. The lowest BCUT2D eigenvalue weighted by molar-refractivity contribution is -0.157. The summed E-state index contributed by atoms with van der Waals surface area (Å²) in [5.41, 5.74) is 0. The van der Waals surface area contributed by atoms with Gasteiger partial charge in [0.1, 0.15) is 6.04 Å². The van der Waals surface area contributed by atoms with Crippen LogP contribution in [0.15, 0.2) is 12.2 Å². The van der Waals surface area contributed by atoms with E-state index >= 15 is 0 Å². The molecule has 19 heavy (non-hydrogen) atoms. The molecule has 0 aromatic heterocycles. The van der Waals surface area contributed by atoms with Gasteiger partial charge in [0.05, 0.1) is 11.8 Å². The van der Waals surface area contributed by atoms with E-state index in [2.05, 4.69) is 0 Å². The van der Waals surface area contributed by atoms with Crippen molar-refractivity contribution in [3.63, 3.8) is 0 Å². The van der Waals surface area contributed by atoms with E-state index in [1.807, 2.05) is 12.2 Å². The summed E-state index contributed by atoms with van der Waals surface area (Å²) >= 11 is 0. The number of allylic oxidation sites excluding steroid dienone is 2. The van der Waals surface area contributed by atoms with Crippen molar-refractivity contribution in [2.45, 2.75) is 26.3 Å². The van der Waals surface area contributed by atoms with Crippen LogP contribution < -0.4 is 0 Å². The molecule has 2 bridgehead atoms. The van der Waals surface area contributed by atoms with Crippen molar-refractivity contribution in [3.05, 3.63) is 12.2 Å². The number of rotatable bonds is 3. The number of fused-ring (bicyclic) bond motifs is 5. The van der Waals surface area contributed by atoms with E-state index in [1.54, 1.807) is 13.8 Å². The first-order valence-electron chi connectivity index (χ1n) is 6.71. The van der Waals surface area contributed by atoms with Crippen molar-refractivity contribution in [1.82, 2.24) is 4.90 Å². The van der Waals surface area contributed by atoms with Crippen molar-refractivity contribution < 1.29 is 19.5 Å². The monoisotopic (exact) mass is 263 g/mol. The zero-order valence-corrected chi connectivity index (χ0v) is 10.9. The second kappa shape index (κ2) is 3.92. The van der Waals surface area contributed by atoms with Crippen LogP contribution in [0.1, 0.15) is 20.3 Å². The Hall–Kier alpha value is -1.65. The SMILES string of the molecule is CC(C)[C@@H](C(=O)O)N1C(=O)[C@@H]2[C@H](C1=O)[C@@H]1C=C[C@H]2C1. The molecule has 5 atom stereocenters. The quantitative estimate of drug-likeness (QED) is 0.606. The molecule has 0 aromatic rings. The van der Waals surface area contributed by atoms with Crippen LogP contribution in [0.2, 0.25) is 0 Å². The van der Waals surface area contributed by atoms with Crippen LogP contribution in [0.5, 0.6) is 0 Å². The van der Waals surface area contributed by atoms with Gasteiger partial charge in [0.15, 0.2) is 0 Å². The van der Waals surface area contributed by atoms with Gasteiger partial charge in [-0.2, -0.15) is 0 Å². The fourth-order valence-corrected chi connectivity index (χ4v) is 3.89.